The molecular weight excluding hydrogens is 394 g/mol. The fourth-order valence-corrected chi connectivity index (χ4v) is 3.46. The predicted molar refractivity (Wildman–Crippen MR) is 119 cm³/mol. The molecule has 1 atom stereocenters. The molecule has 31 heavy (non-hydrogen) atoms. The lowest BCUT2D eigenvalue weighted by molar-refractivity contribution is -0.155. The van der Waals surface area contributed by atoms with Crippen LogP contribution in [-0.2, 0) is 20.9 Å². The van der Waals surface area contributed by atoms with Crippen LogP contribution >= 0.6 is 0 Å². The van der Waals surface area contributed by atoms with Crippen molar-refractivity contribution in [1.29, 1.82) is 0 Å². The van der Waals surface area contributed by atoms with Crippen molar-refractivity contribution in [2.45, 2.75) is 45.5 Å². The molecule has 0 N–H and O–H groups in total. The lowest BCUT2D eigenvalue weighted by Crippen LogP contribution is -2.39. The van der Waals surface area contributed by atoms with Crippen LogP contribution in [0.2, 0.25) is 0 Å². The number of esters is 1. The van der Waals surface area contributed by atoms with Gasteiger partial charge in [0.2, 0.25) is 0 Å². The first-order valence-electron chi connectivity index (χ1n) is 10.7. The van der Waals surface area contributed by atoms with E-state index in [-0.39, 0.29) is 12.1 Å². The van der Waals surface area contributed by atoms with Crippen molar-refractivity contribution in [3.05, 3.63) is 59.7 Å². The van der Waals surface area contributed by atoms with Crippen molar-refractivity contribution in [2.75, 3.05) is 33.4 Å². The Morgan fingerprint density at radius 1 is 1.13 bits per heavy atom. The average Bonchev–Trinajstić information content (AvgIpc) is 2.76. The van der Waals surface area contributed by atoms with Gasteiger partial charge >= 0.3 is 5.97 Å². The molecule has 3 rings (SSSR count). The number of benzene rings is 2. The Bertz CT molecular complexity index is 844. The third-order valence-electron chi connectivity index (χ3n) is 4.99. The Balaban J connectivity index is 1.49. The Morgan fingerprint density at radius 3 is 2.61 bits per heavy atom. The summed E-state index contributed by atoms with van der Waals surface area (Å²) >= 11 is 0. The van der Waals surface area contributed by atoms with Crippen LogP contribution in [0.25, 0.3) is 0 Å². The first-order valence-corrected chi connectivity index (χ1v) is 10.7. The molecule has 1 saturated heterocycles. The van der Waals surface area contributed by atoms with Crippen LogP contribution in [-0.4, -0.2) is 49.8 Å². The van der Waals surface area contributed by atoms with E-state index in [1.54, 1.807) is 7.11 Å². The second kappa shape index (κ2) is 10.6. The smallest absolute Gasteiger partial charge is 0.307 e. The number of carbonyl (C=O) groups is 1. The zero-order chi connectivity index (χ0) is 22.3. The standard InChI is InChI=1S/C25H33NO5/c1-25(2,3)31-24(27)12-13-26-14-15-29-23(17-26)20-8-10-21(11-9-20)30-18-19-6-5-7-22(16-19)28-4/h5-11,16,23H,12-15,17-18H2,1-4H3. The van der Waals surface area contributed by atoms with Gasteiger partial charge in [-0.3, -0.25) is 9.69 Å². The monoisotopic (exact) mass is 427 g/mol. The highest BCUT2D eigenvalue weighted by Gasteiger charge is 2.23. The number of hydrogen-bond donors (Lipinski definition) is 0. The summed E-state index contributed by atoms with van der Waals surface area (Å²) in [6.07, 6.45) is 0.376. The van der Waals surface area contributed by atoms with Crippen LogP contribution in [0.1, 0.15) is 44.4 Å². The molecule has 2 aromatic carbocycles. The second-order valence-corrected chi connectivity index (χ2v) is 8.71. The van der Waals surface area contributed by atoms with Crippen molar-refractivity contribution < 1.29 is 23.7 Å². The highest BCUT2D eigenvalue weighted by Crippen LogP contribution is 2.25. The van der Waals surface area contributed by atoms with E-state index in [0.29, 0.717) is 26.2 Å². The van der Waals surface area contributed by atoms with Crippen molar-refractivity contribution in [3.8, 4) is 11.5 Å². The Labute approximate surface area is 185 Å². The number of hydrogen-bond acceptors (Lipinski definition) is 6. The minimum Gasteiger partial charge on any atom is -0.497 e. The summed E-state index contributed by atoms with van der Waals surface area (Å²) in [6, 6.07) is 15.9. The summed E-state index contributed by atoms with van der Waals surface area (Å²) in [5.74, 6) is 1.47. The molecule has 1 aliphatic rings. The summed E-state index contributed by atoms with van der Waals surface area (Å²) in [5.41, 5.74) is 1.72. The number of rotatable bonds is 8. The van der Waals surface area contributed by atoms with Gasteiger partial charge < -0.3 is 18.9 Å². The molecule has 6 nitrogen and oxygen atoms in total. The average molecular weight is 428 g/mol. The Hall–Kier alpha value is -2.57. The van der Waals surface area contributed by atoms with Crippen LogP contribution in [0, 0.1) is 0 Å². The van der Waals surface area contributed by atoms with E-state index < -0.39 is 5.60 Å². The normalized spacial score (nSPS) is 17.2. The molecule has 1 fully saturated rings. The van der Waals surface area contributed by atoms with E-state index in [2.05, 4.69) is 4.90 Å². The van der Waals surface area contributed by atoms with Gasteiger partial charge in [-0.2, -0.15) is 0 Å². The Morgan fingerprint density at radius 2 is 1.90 bits per heavy atom. The maximum atomic E-state index is 12.0. The number of methoxy groups -OCH3 is 1. The Kier molecular flexibility index (Phi) is 7.93. The molecule has 0 aliphatic carbocycles. The molecule has 0 bridgehead atoms. The van der Waals surface area contributed by atoms with E-state index in [1.807, 2.05) is 69.3 Å². The predicted octanol–water partition coefficient (Wildman–Crippen LogP) is 4.38. The minimum absolute atomic E-state index is 0.0141. The molecule has 0 amide bonds. The fourth-order valence-electron chi connectivity index (χ4n) is 3.46. The van der Waals surface area contributed by atoms with Gasteiger partial charge in [-0.1, -0.05) is 24.3 Å². The quantitative estimate of drug-likeness (QED) is 0.583. The number of ether oxygens (including phenoxy) is 4. The van der Waals surface area contributed by atoms with Gasteiger partial charge in [0, 0.05) is 19.6 Å². The van der Waals surface area contributed by atoms with E-state index in [0.717, 1.165) is 35.7 Å². The molecule has 1 unspecified atom stereocenters. The van der Waals surface area contributed by atoms with Gasteiger partial charge in [0.05, 0.1) is 26.2 Å². The van der Waals surface area contributed by atoms with Crippen LogP contribution < -0.4 is 9.47 Å². The third kappa shape index (κ3) is 7.56. The zero-order valence-corrected chi connectivity index (χ0v) is 18.9. The number of morpholine rings is 1. The summed E-state index contributed by atoms with van der Waals surface area (Å²) in [6.45, 7) is 9.05. The molecule has 1 heterocycles. The van der Waals surface area contributed by atoms with E-state index in [4.69, 9.17) is 18.9 Å². The minimum atomic E-state index is -0.443. The molecule has 0 aromatic heterocycles. The van der Waals surface area contributed by atoms with E-state index >= 15 is 0 Å². The largest absolute Gasteiger partial charge is 0.497 e. The van der Waals surface area contributed by atoms with Gasteiger partial charge in [-0.25, -0.2) is 0 Å². The fraction of sp³-hybridized carbons (Fsp3) is 0.480. The lowest BCUT2D eigenvalue weighted by atomic mass is 10.1. The number of nitrogens with zero attached hydrogens (tertiary/aromatic N) is 1. The molecule has 168 valence electrons. The zero-order valence-electron chi connectivity index (χ0n) is 18.9. The van der Waals surface area contributed by atoms with Gasteiger partial charge in [0.15, 0.2) is 0 Å². The SMILES string of the molecule is COc1cccc(COc2ccc(C3CN(CCC(=O)OC(C)(C)C)CCO3)cc2)c1. The summed E-state index contributed by atoms with van der Waals surface area (Å²) in [7, 11) is 1.66. The topological polar surface area (TPSA) is 57.2 Å². The molecule has 0 saturated carbocycles. The summed E-state index contributed by atoms with van der Waals surface area (Å²) in [5, 5.41) is 0. The van der Waals surface area contributed by atoms with E-state index in [9.17, 15) is 4.79 Å². The van der Waals surface area contributed by atoms with E-state index in [1.165, 1.54) is 0 Å². The van der Waals surface area contributed by atoms with Gasteiger partial charge in [-0.05, 0) is 56.2 Å². The van der Waals surface area contributed by atoms with Gasteiger partial charge in [0.25, 0.3) is 0 Å². The first-order chi connectivity index (χ1) is 14.8. The molecular formula is C25H33NO5. The van der Waals surface area contributed by atoms with Crippen LogP contribution in [0.5, 0.6) is 11.5 Å². The summed E-state index contributed by atoms with van der Waals surface area (Å²) in [4.78, 5) is 14.2. The maximum absolute atomic E-state index is 12.0. The van der Waals surface area contributed by atoms with Crippen LogP contribution in [0.3, 0.4) is 0 Å². The van der Waals surface area contributed by atoms with Crippen molar-refractivity contribution in [1.82, 2.24) is 4.90 Å². The first kappa shape index (κ1) is 23.1. The summed E-state index contributed by atoms with van der Waals surface area (Å²) < 4.78 is 22.5. The van der Waals surface area contributed by atoms with Gasteiger partial charge in [-0.15, -0.1) is 0 Å². The lowest BCUT2D eigenvalue weighted by Gasteiger charge is -2.33. The highest BCUT2D eigenvalue weighted by atomic mass is 16.6. The van der Waals surface area contributed by atoms with Crippen LogP contribution in [0.15, 0.2) is 48.5 Å². The molecule has 0 spiro atoms. The number of carbonyl (C=O) groups excluding carboxylic acids is 1. The van der Waals surface area contributed by atoms with Gasteiger partial charge in [0.1, 0.15) is 23.7 Å². The molecule has 2 aromatic rings. The van der Waals surface area contributed by atoms with Crippen molar-refractivity contribution in [2.24, 2.45) is 0 Å². The van der Waals surface area contributed by atoms with Crippen molar-refractivity contribution >= 4 is 5.97 Å². The molecule has 0 radical (unpaired) electrons. The molecule has 6 heteroatoms. The van der Waals surface area contributed by atoms with Crippen LogP contribution in [0.4, 0.5) is 0 Å². The third-order valence-corrected chi connectivity index (χ3v) is 4.99. The maximum Gasteiger partial charge on any atom is 0.307 e. The highest BCUT2D eigenvalue weighted by molar-refractivity contribution is 5.70. The molecule has 1 aliphatic heterocycles. The van der Waals surface area contributed by atoms with Crippen molar-refractivity contribution in [3.63, 3.8) is 0 Å². The second-order valence-electron chi connectivity index (χ2n) is 8.71.